The van der Waals surface area contributed by atoms with Crippen molar-refractivity contribution in [2.75, 3.05) is 0 Å². The number of hydrogen-bond acceptors (Lipinski definition) is 4. The van der Waals surface area contributed by atoms with Gasteiger partial charge in [-0.15, -0.1) is 0 Å². The molecule has 4 nitrogen and oxygen atoms in total. The molecule has 0 atom stereocenters. The van der Waals surface area contributed by atoms with E-state index in [1.54, 1.807) is 0 Å². The van der Waals surface area contributed by atoms with Crippen LogP contribution < -0.4 is 0 Å². The summed E-state index contributed by atoms with van der Waals surface area (Å²) in [6, 6.07) is 47.3. The van der Waals surface area contributed by atoms with E-state index in [1.807, 2.05) is 30.3 Å². The first kappa shape index (κ1) is 29.2. The molecule has 12 rings (SSSR count). The lowest BCUT2D eigenvalue weighted by Gasteiger charge is -2.57. The maximum atomic E-state index is 6.27. The van der Waals surface area contributed by atoms with Gasteiger partial charge in [-0.05, 0) is 113 Å². The van der Waals surface area contributed by atoms with Crippen molar-refractivity contribution in [3.05, 3.63) is 139 Å². The van der Waals surface area contributed by atoms with Crippen molar-refractivity contribution < 1.29 is 4.42 Å². The van der Waals surface area contributed by atoms with Crippen molar-refractivity contribution in [1.29, 1.82) is 0 Å². The van der Waals surface area contributed by atoms with Crippen molar-refractivity contribution in [2.24, 2.45) is 17.8 Å². The fourth-order valence-corrected chi connectivity index (χ4v) is 10.4. The lowest BCUT2D eigenvalue weighted by atomic mass is 9.48. The molecule has 0 spiro atoms. The SMILES string of the molecule is c1ccc(-c2nc(-c3ccc(C45CC6CC(CC(C6)C4)C5)cc3)nc(-c3ccc(-c4ccc5c(c4)oc4ccccc45)c4ccccc34)n2)cc1. The van der Waals surface area contributed by atoms with Crippen molar-refractivity contribution in [2.45, 2.75) is 43.9 Å². The minimum Gasteiger partial charge on any atom is -0.456 e. The van der Waals surface area contributed by atoms with Crippen LogP contribution in [-0.4, -0.2) is 15.0 Å². The predicted molar refractivity (Wildman–Crippen MR) is 206 cm³/mol. The third kappa shape index (κ3) is 4.76. The van der Waals surface area contributed by atoms with E-state index in [4.69, 9.17) is 19.4 Å². The summed E-state index contributed by atoms with van der Waals surface area (Å²) in [6.07, 6.45) is 8.46. The van der Waals surface area contributed by atoms with Gasteiger partial charge in [-0.3, -0.25) is 0 Å². The van der Waals surface area contributed by atoms with Crippen molar-refractivity contribution >= 4 is 32.7 Å². The van der Waals surface area contributed by atoms with Crippen LogP contribution in [0.4, 0.5) is 0 Å². The molecule has 2 heterocycles. The Kier molecular flexibility index (Phi) is 6.40. The summed E-state index contributed by atoms with van der Waals surface area (Å²) < 4.78 is 6.27. The van der Waals surface area contributed by atoms with E-state index in [0.29, 0.717) is 22.9 Å². The molecular weight excluding hydrogens is 623 g/mol. The lowest BCUT2D eigenvalue weighted by molar-refractivity contribution is -0.00518. The maximum absolute atomic E-state index is 6.27. The molecule has 4 heteroatoms. The van der Waals surface area contributed by atoms with Gasteiger partial charge in [0.25, 0.3) is 0 Å². The Hall–Kier alpha value is -5.61. The number of fused-ring (bicyclic) bond motifs is 4. The van der Waals surface area contributed by atoms with Gasteiger partial charge in [-0.1, -0.05) is 109 Å². The zero-order valence-electron chi connectivity index (χ0n) is 28.4. The second-order valence-corrected chi connectivity index (χ2v) is 15.5. The van der Waals surface area contributed by atoms with E-state index in [-0.39, 0.29) is 0 Å². The predicted octanol–water partition coefficient (Wildman–Crippen LogP) is 12.1. The van der Waals surface area contributed by atoms with Crippen LogP contribution in [0.1, 0.15) is 44.1 Å². The van der Waals surface area contributed by atoms with Crippen molar-refractivity contribution in [3.8, 4) is 45.3 Å². The van der Waals surface area contributed by atoms with Gasteiger partial charge in [-0.2, -0.15) is 0 Å². The van der Waals surface area contributed by atoms with Gasteiger partial charge in [-0.25, -0.2) is 15.0 Å². The number of para-hydroxylation sites is 1. The molecule has 51 heavy (non-hydrogen) atoms. The van der Waals surface area contributed by atoms with E-state index in [1.165, 1.54) is 44.1 Å². The van der Waals surface area contributed by atoms with Crippen molar-refractivity contribution in [1.82, 2.24) is 15.0 Å². The van der Waals surface area contributed by atoms with E-state index in [2.05, 4.69) is 103 Å². The minimum absolute atomic E-state index is 0.363. The molecule has 2 aromatic heterocycles. The van der Waals surface area contributed by atoms with Crippen LogP contribution in [0, 0.1) is 17.8 Å². The molecule has 4 bridgehead atoms. The average molecular weight is 660 g/mol. The monoisotopic (exact) mass is 659 g/mol. The van der Waals surface area contributed by atoms with Crippen molar-refractivity contribution in [3.63, 3.8) is 0 Å². The van der Waals surface area contributed by atoms with Gasteiger partial charge in [0, 0.05) is 27.5 Å². The number of benzene rings is 6. The van der Waals surface area contributed by atoms with Gasteiger partial charge < -0.3 is 4.42 Å². The molecule has 246 valence electrons. The zero-order valence-corrected chi connectivity index (χ0v) is 28.4. The largest absolute Gasteiger partial charge is 0.456 e. The molecule has 4 aliphatic carbocycles. The second-order valence-electron chi connectivity index (χ2n) is 15.5. The smallest absolute Gasteiger partial charge is 0.164 e. The number of aromatic nitrogens is 3. The molecule has 4 fully saturated rings. The molecular formula is C47H37N3O. The number of hydrogen-bond donors (Lipinski definition) is 0. The fourth-order valence-electron chi connectivity index (χ4n) is 10.4. The average Bonchev–Trinajstić information content (AvgIpc) is 3.55. The minimum atomic E-state index is 0.363. The summed E-state index contributed by atoms with van der Waals surface area (Å²) in [7, 11) is 0. The Balaban J connectivity index is 1.02. The van der Waals surface area contributed by atoms with Crippen LogP contribution in [0.25, 0.3) is 78.0 Å². The molecule has 0 saturated heterocycles. The van der Waals surface area contributed by atoms with Gasteiger partial charge >= 0.3 is 0 Å². The van der Waals surface area contributed by atoms with E-state index >= 15 is 0 Å². The third-order valence-corrected chi connectivity index (χ3v) is 12.3. The first-order chi connectivity index (χ1) is 25.2. The molecule has 0 unspecified atom stereocenters. The molecule has 0 aliphatic heterocycles. The molecule has 6 aromatic carbocycles. The van der Waals surface area contributed by atoms with Crippen LogP contribution in [0.3, 0.4) is 0 Å². The summed E-state index contributed by atoms with van der Waals surface area (Å²) in [5.41, 5.74) is 8.95. The number of nitrogens with zero attached hydrogens (tertiary/aromatic N) is 3. The van der Waals surface area contributed by atoms with E-state index in [0.717, 1.165) is 78.3 Å². The van der Waals surface area contributed by atoms with Crippen LogP contribution in [-0.2, 0) is 5.41 Å². The number of furan rings is 1. The molecule has 0 radical (unpaired) electrons. The third-order valence-electron chi connectivity index (χ3n) is 12.3. The van der Waals surface area contributed by atoms with E-state index < -0.39 is 0 Å². The summed E-state index contributed by atoms with van der Waals surface area (Å²) in [6.45, 7) is 0. The molecule has 4 saturated carbocycles. The van der Waals surface area contributed by atoms with Crippen LogP contribution >= 0.6 is 0 Å². The van der Waals surface area contributed by atoms with Gasteiger partial charge in [0.05, 0.1) is 0 Å². The Labute approximate surface area is 297 Å². The summed E-state index contributed by atoms with van der Waals surface area (Å²) in [5.74, 6) is 4.84. The normalized spacial score (nSPS) is 22.3. The van der Waals surface area contributed by atoms with Gasteiger partial charge in [0.15, 0.2) is 17.5 Å². The Morgan fingerprint density at radius 1 is 0.431 bits per heavy atom. The maximum Gasteiger partial charge on any atom is 0.164 e. The molecule has 0 amide bonds. The summed E-state index contributed by atoms with van der Waals surface area (Å²) in [4.78, 5) is 15.4. The second kappa shape index (κ2) is 11.2. The van der Waals surface area contributed by atoms with Crippen LogP contribution in [0.2, 0.25) is 0 Å². The Morgan fingerprint density at radius 2 is 0.961 bits per heavy atom. The van der Waals surface area contributed by atoms with Gasteiger partial charge in [0.1, 0.15) is 11.2 Å². The van der Waals surface area contributed by atoms with Crippen LogP contribution in [0.15, 0.2) is 138 Å². The summed E-state index contributed by atoms with van der Waals surface area (Å²) >= 11 is 0. The highest BCUT2D eigenvalue weighted by Crippen LogP contribution is 2.60. The zero-order chi connectivity index (χ0) is 33.5. The van der Waals surface area contributed by atoms with Gasteiger partial charge in [0.2, 0.25) is 0 Å². The topological polar surface area (TPSA) is 51.8 Å². The molecule has 4 aliphatic rings. The van der Waals surface area contributed by atoms with E-state index in [9.17, 15) is 0 Å². The lowest BCUT2D eigenvalue weighted by Crippen LogP contribution is -2.48. The summed E-state index contributed by atoms with van der Waals surface area (Å²) in [5, 5.41) is 4.52. The fraction of sp³-hybridized carbons (Fsp3) is 0.213. The Morgan fingerprint density at radius 3 is 1.67 bits per heavy atom. The number of rotatable bonds is 5. The Bertz CT molecular complexity index is 2580. The molecule has 8 aromatic rings. The first-order valence-corrected chi connectivity index (χ1v) is 18.5. The first-order valence-electron chi connectivity index (χ1n) is 18.5. The molecule has 0 N–H and O–H groups in total. The highest BCUT2D eigenvalue weighted by atomic mass is 16.3. The standard InChI is InChI=1S/C47H37N3O/c1-2-8-32(9-3-1)44-48-45(33-14-17-35(18-15-33)47-26-29-22-30(27-47)24-31(23-29)28-47)50-46(49-44)41-21-20-36(37-10-4-5-11-38(37)41)34-16-19-40-39-12-6-7-13-42(39)51-43(40)25-34/h1-21,25,29-31H,22-24,26-28H2. The quantitative estimate of drug-likeness (QED) is 0.184. The van der Waals surface area contributed by atoms with Crippen LogP contribution in [0.5, 0.6) is 0 Å². The highest BCUT2D eigenvalue weighted by Gasteiger charge is 2.51. The highest BCUT2D eigenvalue weighted by molar-refractivity contribution is 6.08.